The summed E-state index contributed by atoms with van der Waals surface area (Å²) in [6.45, 7) is 2.54. The summed E-state index contributed by atoms with van der Waals surface area (Å²) in [4.78, 5) is 10.9. The molecule has 1 heterocycles. The Balaban J connectivity index is 2.51. The number of aliphatic hydroxyl groups excluding tert-OH is 1. The molecule has 8 heteroatoms. The van der Waals surface area contributed by atoms with Crippen molar-refractivity contribution in [2.75, 3.05) is 26.7 Å². The summed E-state index contributed by atoms with van der Waals surface area (Å²) >= 11 is 0. The molecule has 0 bridgehead atoms. The lowest BCUT2D eigenvalue weighted by Crippen LogP contribution is -2.48. The van der Waals surface area contributed by atoms with Crippen LogP contribution in [0.25, 0.3) is 0 Å². The zero-order valence-electron chi connectivity index (χ0n) is 10.6. The fourth-order valence-electron chi connectivity index (χ4n) is 1.86. The average Bonchev–Trinajstić information content (AvgIpc) is 2.35. The summed E-state index contributed by atoms with van der Waals surface area (Å²) in [7, 11) is -2.51. The second-order valence-electron chi connectivity index (χ2n) is 4.50. The molecule has 1 fully saturated rings. The number of carbonyl (C=O) groups is 1. The molecule has 7 nitrogen and oxygen atoms in total. The monoisotopic (exact) mass is 280 g/mol. The number of nitrogens with one attached hydrogen (secondary N) is 1. The van der Waals surface area contributed by atoms with Crippen molar-refractivity contribution in [1.29, 1.82) is 0 Å². The molecule has 2 atom stereocenters. The third-order valence-corrected chi connectivity index (χ3v) is 4.43. The molecule has 2 unspecified atom stereocenters. The highest BCUT2D eigenvalue weighted by atomic mass is 32.2. The van der Waals surface area contributed by atoms with Crippen molar-refractivity contribution < 1.29 is 23.1 Å². The lowest BCUT2D eigenvalue weighted by molar-refractivity contribution is -0.149. The van der Waals surface area contributed by atoms with E-state index in [0.717, 1.165) is 20.0 Å². The van der Waals surface area contributed by atoms with E-state index in [1.165, 1.54) is 4.31 Å². The van der Waals surface area contributed by atoms with Crippen molar-refractivity contribution in [3.8, 4) is 0 Å². The first-order valence-corrected chi connectivity index (χ1v) is 7.31. The molecule has 1 saturated heterocycles. The van der Waals surface area contributed by atoms with E-state index in [1.807, 2.05) is 6.92 Å². The maximum atomic E-state index is 11.9. The summed E-state index contributed by atoms with van der Waals surface area (Å²) in [5, 5.41) is 9.31. The Morgan fingerprint density at radius 3 is 2.83 bits per heavy atom. The van der Waals surface area contributed by atoms with Gasteiger partial charge in [-0.3, -0.25) is 0 Å². The molecule has 0 amide bonds. The van der Waals surface area contributed by atoms with E-state index in [-0.39, 0.29) is 6.54 Å². The van der Waals surface area contributed by atoms with Crippen molar-refractivity contribution in [3.05, 3.63) is 0 Å². The summed E-state index contributed by atoms with van der Waals surface area (Å²) in [5.74, 6) is -0.537. The Labute approximate surface area is 107 Å². The molecule has 0 spiro atoms. The van der Waals surface area contributed by atoms with Gasteiger partial charge < -0.3 is 9.84 Å². The molecule has 1 aliphatic heterocycles. The summed E-state index contributed by atoms with van der Waals surface area (Å²) in [6, 6.07) is 0. The first kappa shape index (κ1) is 15.4. The Bertz CT molecular complexity index is 384. The van der Waals surface area contributed by atoms with Gasteiger partial charge in [0.2, 0.25) is 0 Å². The van der Waals surface area contributed by atoms with E-state index in [1.54, 1.807) is 0 Å². The number of rotatable bonds is 5. The minimum Gasteiger partial charge on any atom is -0.467 e. The maximum Gasteiger partial charge on any atom is 0.336 e. The quantitative estimate of drug-likeness (QED) is 0.635. The number of hydrogen-bond acceptors (Lipinski definition) is 5. The van der Waals surface area contributed by atoms with Gasteiger partial charge in [-0.2, -0.15) is 17.4 Å². The van der Waals surface area contributed by atoms with Crippen molar-refractivity contribution in [2.45, 2.75) is 25.9 Å². The number of aliphatic hydroxyl groups is 1. The van der Waals surface area contributed by atoms with Crippen LogP contribution >= 0.6 is 0 Å². The van der Waals surface area contributed by atoms with Gasteiger partial charge in [0.25, 0.3) is 10.2 Å². The molecule has 0 aromatic rings. The number of esters is 1. The average molecular weight is 280 g/mol. The molecule has 1 aliphatic rings. The van der Waals surface area contributed by atoms with Gasteiger partial charge in [-0.1, -0.05) is 6.92 Å². The van der Waals surface area contributed by atoms with Gasteiger partial charge in [-0.15, -0.1) is 0 Å². The van der Waals surface area contributed by atoms with Crippen LogP contribution in [0.3, 0.4) is 0 Å². The molecule has 0 aromatic heterocycles. The van der Waals surface area contributed by atoms with Gasteiger partial charge in [0.1, 0.15) is 0 Å². The number of methoxy groups -OCH3 is 1. The van der Waals surface area contributed by atoms with Gasteiger partial charge >= 0.3 is 5.97 Å². The minimum absolute atomic E-state index is 0.320. The predicted molar refractivity (Wildman–Crippen MR) is 64.9 cm³/mol. The highest BCUT2D eigenvalue weighted by Gasteiger charge is 2.28. The van der Waals surface area contributed by atoms with Crippen LogP contribution in [0.15, 0.2) is 0 Å². The van der Waals surface area contributed by atoms with E-state index < -0.39 is 22.3 Å². The van der Waals surface area contributed by atoms with Crippen LogP contribution in [-0.4, -0.2) is 56.6 Å². The SMILES string of the molecule is COC(=O)C(O)CNS(=O)(=O)N1CCCC(C)C1. The van der Waals surface area contributed by atoms with Gasteiger partial charge in [-0.05, 0) is 18.8 Å². The molecular weight excluding hydrogens is 260 g/mol. The molecule has 2 N–H and O–H groups in total. The summed E-state index contributed by atoms with van der Waals surface area (Å²) in [6.07, 6.45) is 0.352. The van der Waals surface area contributed by atoms with Crippen LogP contribution in [0, 0.1) is 5.92 Å². The Kier molecular flexibility index (Phi) is 5.51. The second-order valence-corrected chi connectivity index (χ2v) is 6.25. The summed E-state index contributed by atoms with van der Waals surface area (Å²) < 4.78 is 31.6. The van der Waals surface area contributed by atoms with Crippen LogP contribution < -0.4 is 4.72 Å². The Morgan fingerprint density at radius 2 is 2.28 bits per heavy atom. The van der Waals surface area contributed by atoms with Crippen LogP contribution in [-0.2, 0) is 19.7 Å². The molecule has 0 aliphatic carbocycles. The third-order valence-electron chi connectivity index (χ3n) is 2.89. The highest BCUT2D eigenvalue weighted by Crippen LogP contribution is 2.17. The zero-order valence-corrected chi connectivity index (χ0v) is 11.4. The fourth-order valence-corrected chi connectivity index (χ4v) is 3.23. The van der Waals surface area contributed by atoms with Crippen LogP contribution in [0.5, 0.6) is 0 Å². The van der Waals surface area contributed by atoms with Crippen molar-refractivity contribution >= 4 is 16.2 Å². The van der Waals surface area contributed by atoms with Gasteiger partial charge in [-0.25, -0.2) is 4.79 Å². The van der Waals surface area contributed by atoms with E-state index in [0.29, 0.717) is 19.0 Å². The van der Waals surface area contributed by atoms with E-state index in [9.17, 15) is 18.3 Å². The van der Waals surface area contributed by atoms with Crippen LogP contribution in [0.2, 0.25) is 0 Å². The number of ether oxygens (including phenoxy) is 1. The standard InChI is InChI=1S/C10H20N2O5S/c1-8-4-3-5-12(7-8)18(15,16)11-6-9(13)10(14)17-2/h8-9,11,13H,3-7H2,1-2H3. The van der Waals surface area contributed by atoms with E-state index >= 15 is 0 Å². The van der Waals surface area contributed by atoms with E-state index in [4.69, 9.17) is 0 Å². The maximum absolute atomic E-state index is 11.9. The lowest BCUT2D eigenvalue weighted by Gasteiger charge is -2.30. The normalized spacial score (nSPS) is 23.6. The molecule has 106 valence electrons. The molecule has 0 radical (unpaired) electrons. The lowest BCUT2D eigenvalue weighted by atomic mass is 10.0. The molecule has 0 saturated carbocycles. The van der Waals surface area contributed by atoms with Crippen LogP contribution in [0.4, 0.5) is 0 Å². The van der Waals surface area contributed by atoms with Crippen molar-refractivity contribution in [2.24, 2.45) is 5.92 Å². The number of hydrogen-bond donors (Lipinski definition) is 2. The van der Waals surface area contributed by atoms with Crippen molar-refractivity contribution in [3.63, 3.8) is 0 Å². The minimum atomic E-state index is -3.64. The highest BCUT2D eigenvalue weighted by molar-refractivity contribution is 7.87. The number of nitrogens with zero attached hydrogens (tertiary/aromatic N) is 1. The smallest absolute Gasteiger partial charge is 0.336 e. The Hall–Kier alpha value is -0.700. The van der Waals surface area contributed by atoms with Gasteiger partial charge in [0.15, 0.2) is 6.10 Å². The third kappa shape index (κ3) is 4.20. The zero-order chi connectivity index (χ0) is 13.8. The number of carbonyl (C=O) groups excluding carboxylic acids is 1. The first-order chi connectivity index (χ1) is 8.36. The molecule has 1 rings (SSSR count). The van der Waals surface area contributed by atoms with E-state index in [2.05, 4.69) is 9.46 Å². The Morgan fingerprint density at radius 1 is 1.61 bits per heavy atom. The fraction of sp³-hybridized carbons (Fsp3) is 0.900. The molecular formula is C10H20N2O5S. The first-order valence-electron chi connectivity index (χ1n) is 5.87. The molecule has 0 aromatic carbocycles. The predicted octanol–water partition coefficient (Wildman–Crippen LogP) is -0.913. The largest absolute Gasteiger partial charge is 0.467 e. The second kappa shape index (κ2) is 6.46. The van der Waals surface area contributed by atoms with Gasteiger partial charge in [0, 0.05) is 19.6 Å². The summed E-state index contributed by atoms with van der Waals surface area (Å²) in [5.41, 5.74) is 0. The number of piperidine rings is 1. The van der Waals surface area contributed by atoms with Crippen molar-refractivity contribution in [1.82, 2.24) is 9.03 Å². The topological polar surface area (TPSA) is 95.9 Å². The molecule has 18 heavy (non-hydrogen) atoms. The van der Waals surface area contributed by atoms with Crippen LogP contribution in [0.1, 0.15) is 19.8 Å². The van der Waals surface area contributed by atoms with Gasteiger partial charge in [0.05, 0.1) is 7.11 Å².